The predicted octanol–water partition coefficient (Wildman–Crippen LogP) is 9.76. The summed E-state index contributed by atoms with van der Waals surface area (Å²) in [5, 5.41) is 10.5. The van der Waals surface area contributed by atoms with Crippen molar-refractivity contribution in [3.63, 3.8) is 0 Å². The lowest BCUT2D eigenvalue weighted by molar-refractivity contribution is -0.250. The molecule has 0 saturated carbocycles. The van der Waals surface area contributed by atoms with E-state index < -0.39 is 17.5 Å². The maximum atomic E-state index is 13.6. The molecule has 0 radical (unpaired) electrons. The highest BCUT2D eigenvalue weighted by molar-refractivity contribution is 5.60. The van der Waals surface area contributed by atoms with Crippen LogP contribution in [-0.2, 0) is 12.0 Å². The lowest BCUT2D eigenvalue weighted by Gasteiger charge is -2.31. The van der Waals surface area contributed by atoms with Gasteiger partial charge >= 0.3 is 6.18 Å². The van der Waals surface area contributed by atoms with Gasteiger partial charge in [-0.3, -0.25) is 4.99 Å². The zero-order valence-electron chi connectivity index (χ0n) is 23.7. The van der Waals surface area contributed by atoms with Gasteiger partial charge in [-0.25, -0.2) is 4.39 Å². The van der Waals surface area contributed by atoms with Gasteiger partial charge in [0.1, 0.15) is 5.82 Å². The molecular weight excluding hydrogens is 478 g/mol. The van der Waals surface area contributed by atoms with Gasteiger partial charge in [-0.1, -0.05) is 88.7 Å². The molecule has 0 heterocycles. The standard InChI is InChI=1S/C18H24F3NO.C8H9F.C3H6.C2H6/c1-5-16(22-12-6-7-13(2)3)17(23,18(19,20)21)15-10-8-14(4)9-11-15;1-2-7-3-5-8(9)6-4-7;1-3-2;1-2/h5,8-13,23H,6-7H2,1-4H3;3-6H,2H2,1H3;3H,1H2,2H3;1-2H3/b16-5-,22-12?;;;. The molecule has 0 fully saturated rings. The summed E-state index contributed by atoms with van der Waals surface area (Å²) < 4.78 is 53.0. The van der Waals surface area contributed by atoms with Gasteiger partial charge in [0.2, 0.25) is 5.60 Å². The maximum Gasteiger partial charge on any atom is 0.427 e. The molecule has 208 valence electrons. The maximum absolute atomic E-state index is 13.6. The predicted molar refractivity (Wildman–Crippen MR) is 150 cm³/mol. The van der Waals surface area contributed by atoms with Crippen molar-refractivity contribution in [2.45, 2.75) is 86.4 Å². The summed E-state index contributed by atoms with van der Waals surface area (Å²) in [6, 6.07) is 12.2. The fourth-order valence-electron chi connectivity index (χ4n) is 2.92. The highest BCUT2D eigenvalue weighted by Crippen LogP contribution is 2.44. The van der Waals surface area contributed by atoms with Crippen LogP contribution in [0.4, 0.5) is 17.6 Å². The van der Waals surface area contributed by atoms with E-state index in [-0.39, 0.29) is 11.4 Å². The largest absolute Gasteiger partial charge is 0.427 e. The van der Waals surface area contributed by atoms with Crippen molar-refractivity contribution >= 4 is 6.21 Å². The van der Waals surface area contributed by atoms with Gasteiger partial charge in [0.05, 0.1) is 5.70 Å². The molecule has 1 atom stereocenters. The molecule has 0 bridgehead atoms. The number of aliphatic imine (C=N–C) groups is 1. The van der Waals surface area contributed by atoms with Crippen molar-refractivity contribution in [3.8, 4) is 0 Å². The van der Waals surface area contributed by atoms with Gasteiger partial charge in [-0.2, -0.15) is 13.2 Å². The molecule has 0 saturated heterocycles. The number of aryl methyl sites for hydroxylation is 2. The summed E-state index contributed by atoms with van der Waals surface area (Å²) >= 11 is 0. The van der Waals surface area contributed by atoms with Crippen LogP contribution in [0.3, 0.4) is 0 Å². The third-order valence-electron chi connectivity index (χ3n) is 4.95. The lowest BCUT2D eigenvalue weighted by atomic mass is 9.89. The first-order valence-corrected chi connectivity index (χ1v) is 12.7. The molecule has 0 aliphatic carbocycles. The van der Waals surface area contributed by atoms with Crippen molar-refractivity contribution in [1.29, 1.82) is 0 Å². The molecule has 2 aromatic rings. The number of aliphatic hydroxyl groups is 1. The van der Waals surface area contributed by atoms with E-state index in [4.69, 9.17) is 0 Å². The lowest BCUT2D eigenvalue weighted by Crippen LogP contribution is -2.43. The SMILES string of the molecule is C/C=C(\N=CCCC(C)C)C(O)(c1ccc(C)cc1)C(F)(F)F.C=CC.CC.CCc1ccc(F)cc1. The van der Waals surface area contributed by atoms with Gasteiger partial charge in [0.15, 0.2) is 0 Å². The van der Waals surface area contributed by atoms with Crippen LogP contribution in [0.25, 0.3) is 0 Å². The second-order valence-corrected chi connectivity index (χ2v) is 8.42. The van der Waals surface area contributed by atoms with Crippen LogP contribution in [0, 0.1) is 18.7 Å². The molecule has 0 aliphatic heterocycles. The zero-order chi connectivity index (χ0) is 29.1. The van der Waals surface area contributed by atoms with Crippen LogP contribution in [0.15, 0.2) is 78.0 Å². The summed E-state index contributed by atoms with van der Waals surface area (Å²) in [7, 11) is 0. The minimum absolute atomic E-state index is 0.160. The van der Waals surface area contributed by atoms with Crippen molar-refractivity contribution in [2.75, 3.05) is 0 Å². The van der Waals surface area contributed by atoms with Crippen LogP contribution in [0.2, 0.25) is 0 Å². The number of hydrogen-bond donors (Lipinski definition) is 1. The minimum atomic E-state index is -4.86. The highest BCUT2D eigenvalue weighted by Gasteiger charge is 2.57. The summed E-state index contributed by atoms with van der Waals surface area (Å²) in [6.45, 7) is 18.6. The first-order valence-electron chi connectivity index (χ1n) is 12.7. The summed E-state index contributed by atoms with van der Waals surface area (Å²) in [4.78, 5) is 3.92. The molecule has 2 aromatic carbocycles. The molecule has 2 rings (SSSR count). The number of nitrogens with zero attached hydrogens (tertiary/aromatic N) is 1. The van der Waals surface area contributed by atoms with E-state index in [2.05, 4.69) is 11.6 Å². The molecule has 1 N–H and O–H groups in total. The van der Waals surface area contributed by atoms with Gasteiger partial charge in [0.25, 0.3) is 0 Å². The number of hydrogen-bond acceptors (Lipinski definition) is 2. The third kappa shape index (κ3) is 13.4. The van der Waals surface area contributed by atoms with Crippen LogP contribution in [-0.4, -0.2) is 17.5 Å². The van der Waals surface area contributed by atoms with Gasteiger partial charge < -0.3 is 5.11 Å². The quantitative estimate of drug-likeness (QED) is 0.219. The Balaban J connectivity index is 0. The third-order valence-corrected chi connectivity index (χ3v) is 4.95. The number of alkyl halides is 3. The number of allylic oxidation sites excluding steroid dienone is 2. The zero-order valence-corrected chi connectivity index (χ0v) is 23.7. The Morgan fingerprint density at radius 3 is 1.86 bits per heavy atom. The Kier molecular flexibility index (Phi) is 19.1. The van der Waals surface area contributed by atoms with E-state index in [1.807, 2.05) is 41.5 Å². The van der Waals surface area contributed by atoms with Gasteiger partial charge in [0, 0.05) is 6.21 Å². The minimum Gasteiger partial charge on any atom is -0.371 e. The summed E-state index contributed by atoms with van der Waals surface area (Å²) in [5.41, 5.74) is -1.75. The van der Waals surface area contributed by atoms with Gasteiger partial charge in [-0.15, -0.1) is 6.58 Å². The normalized spacial score (nSPS) is 12.9. The van der Waals surface area contributed by atoms with Gasteiger partial charge in [-0.05, 0) is 69.2 Å². The van der Waals surface area contributed by atoms with E-state index in [0.717, 1.165) is 18.4 Å². The van der Waals surface area contributed by atoms with Crippen molar-refractivity contribution in [3.05, 3.63) is 95.5 Å². The monoisotopic (exact) mass is 523 g/mol. The number of halogens is 4. The Labute approximate surface area is 221 Å². The van der Waals surface area contributed by atoms with Crippen molar-refractivity contribution < 1.29 is 22.7 Å². The molecule has 0 spiro atoms. The highest BCUT2D eigenvalue weighted by atomic mass is 19.4. The van der Waals surface area contributed by atoms with E-state index >= 15 is 0 Å². The van der Waals surface area contributed by atoms with E-state index in [0.29, 0.717) is 12.3 Å². The molecule has 6 heteroatoms. The first-order chi connectivity index (χ1) is 17.4. The van der Waals surface area contributed by atoms with E-state index in [9.17, 15) is 22.7 Å². The molecule has 1 unspecified atom stereocenters. The van der Waals surface area contributed by atoms with E-state index in [1.165, 1.54) is 49.0 Å². The van der Waals surface area contributed by atoms with Crippen molar-refractivity contribution in [2.24, 2.45) is 10.9 Å². The first kappa shape index (κ1) is 36.4. The summed E-state index contributed by atoms with van der Waals surface area (Å²) in [5.74, 6) is 0.279. The topological polar surface area (TPSA) is 32.6 Å². The molecule has 0 amide bonds. The molecule has 2 nitrogen and oxygen atoms in total. The second kappa shape index (κ2) is 19.4. The molecular formula is C31H45F4NO. The Morgan fingerprint density at radius 1 is 1.00 bits per heavy atom. The van der Waals surface area contributed by atoms with E-state index in [1.54, 1.807) is 37.3 Å². The van der Waals surface area contributed by atoms with Crippen LogP contribution in [0.1, 0.15) is 78.0 Å². The smallest absolute Gasteiger partial charge is 0.371 e. The average molecular weight is 524 g/mol. The number of benzene rings is 2. The summed E-state index contributed by atoms with van der Waals surface area (Å²) in [6.07, 6.45) is 1.91. The fourth-order valence-corrected chi connectivity index (χ4v) is 2.92. The second-order valence-electron chi connectivity index (χ2n) is 8.42. The number of rotatable bonds is 7. The van der Waals surface area contributed by atoms with Crippen LogP contribution < -0.4 is 0 Å². The molecule has 37 heavy (non-hydrogen) atoms. The Hall–Kier alpha value is -2.73. The Morgan fingerprint density at radius 2 is 1.49 bits per heavy atom. The molecule has 0 aromatic heterocycles. The van der Waals surface area contributed by atoms with Crippen molar-refractivity contribution in [1.82, 2.24) is 0 Å². The average Bonchev–Trinajstić information content (AvgIpc) is 2.86. The van der Waals surface area contributed by atoms with Crippen LogP contribution >= 0.6 is 0 Å². The van der Waals surface area contributed by atoms with Crippen LogP contribution in [0.5, 0.6) is 0 Å². The molecule has 0 aliphatic rings. The fraction of sp³-hybridized carbons (Fsp3) is 0.452. The Bertz CT molecular complexity index is 914.